The van der Waals surface area contributed by atoms with Crippen molar-refractivity contribution in [1.29, 1.82) is 0 Å². The summed E-state index contributed by atoms with van der Waals surface area (Å²) >= 11 is 0. The quantitative estimate of drug-likeness (QED) is 0.616. The van der Waals surface area contributed by atoms with Gasteiger partial charge in [-0.25, -0.2) is 4.39 Å². The minimum absolute atomic E-state index is 0.116. The van der Waals surface area contributed by atoms with Gasteiger partial charge < -0.3 is 5.11 Å². The van der Waals surface area contributed by atoms with Gasteiger partial charge in [0.15, 0.2) is 0 Å². The molecule has 1 N–H and O–H groups in total. The number of aliphatic hydroxyl groups is 1. The van der Waals surface area contributed by atoms with Gasteiger partial charge in [-0.2, -0.15) is 0 Å². The van der Waals surface area contributed by atoms with Gasteiger partial charge >= 0.3 is 0 Å². The number of benzene rings is 2. The summed E-state index contributed by atoms with van der Waals surface area (Å²) in [6.07, 6.45) is 1.42. The molecule has 1 atom stereocenters. The van der Waals surface area contributed by atoms with Crippen LogP contribution >= 0.6 is 0 Å². The van der Waals surface area contributed by atoms with Gasteiger partial charge in [0.2, 0.25) is 0 Å². The fraction of sp³-hybridized carbons (Fsp3) is 0.478. The Labute approximate surface area is 151 Å². The Morgan fingerprint density at radius 3 is 2.08 bits per heavy atom. The lowest BCUT2D eigenvalue weighted by molar-refractivity contribution is 0.200. The lowest BCUT2D eigenvalue weighted by Crippen LogP contribution is -2.08. The van der Waals surface area contributed by atoms with Gasteiger partial charge in [-0.1, -0.05) is 65.3 Å². The third-order valence-corrected chi connectivity index (χ3v) is 4.81. The largest absolute Gasteiger partial charge is 0.389 e. The SMILES string of the molecule is CCCc1cccc(C(C)O)c1-c1ccc(F)c(C(C)C)c1C(C)C. The fourth-order valence-electron chi connectivity index (χ4n) is 3.81. The number of aliphatic hydroxyl groups excluding tert-OH is 1. The number of halogens is 1. The lowest BCUT2D eigenvalue weighted by atomic mass is 9.80. The van der Waals surface area contributed by atoms with Crippen LogP contribution in [0.1, 0.15) is 88.2 Å². The van der Waals surface area contributed by atoms with Crippen LogP contribution in [0.3, 0.4) is 0 Å². The molecule has 0 aliphatic carbocycles. The van der Waals surface area contributed by atoms with Gasteiger partial charge in [0.1, 0.15) is 5.82 Å². The third kappa shape index (κ3) is 3.95. The molecule has 1 unspecified atom stereocenters. The highest BCUT2D eigenvalue weighted by atomic mass is 19.1. The highest BCUT2D eigenvalue weighted by Gasteiger charge is 2.23. The van der Waals surface area contributed by atoms with Crippen LogP contribution in [0.4, 0.5) is 4.39 Å². The maximum atomic E-state index is 14.6. The van der Waals surface area contributed by atoms with E-state index in [1.807, 2.05) is 32.0 Å². The maximum absolute atomic E-state index is 14.6. The van der Waals surface area contributed by atoms with Gasteiger partial charge in [0.25, 0.3) is 0 Å². The molecule has 0 saturated heterocycles. The topological polar surface area (TPSA) is 20.2 Å². The molecule has 25 heavy (non-hydrogen) atoms. The second kappa shape index (κ2) is 8.14. The molecule has 0 fully saturated rings. The van der Waals surface area contributed by atoms with Crippen LogP contribution < -0.4 is 0 Å². The van der Waals surface area contributed by atoms with Crippen molar-refractivity contribution in [2.24, 2.45) is 0 Å². The normalized spacial score (nSPS) is 12.9. The summed E-state index contributed by atoms with van der Waals surface area (Å²) in [6, 6.07) is 9.62. The predicted octanol–water partition coefficient (Wildman–Crippen LogP) is 6.75. The van der Waals surface area contributed by atoms with Gasteiger partial charge in [-0.15, -0.1) is 0 Å². The van der Waals surface area contributed by atoms with Crippen LogP contribution in [0.2, 0.25) is 0 Å². The van der Waals surface area contributed by atoms with Crippen molar-refractivity contribution in [3.63, 3.8) is 0 Å². The third-order valence-electron chi connectivity index (χ3n) is 4.81. The summed E-state index contributed by atoms with van der Waals surface area (Å²) in [6.45, 7) is 12.3. The van der Waals surface area contributed by atoms with E-state index in [1.54, 1.807) is 13.0 Å². The van der Waals surface area contributed by atoms with E-state index in [2.05, 4.69) is 26.8 Å². The minimum atomic E-state index is -0.556. The molecule has 0 amide bonds. The molecule has 0 heterocycles. The van der Waals surface area contributed by atoms with E-state index < -0.39 is 6.10 Å². The second-order valence-electron chi connectivity index (χ2n) is 7.54. The number of rotatable bonds is 6. The van der Waals surface area contributed by atoms with E-state index in [0.717, 1.165) is 40.7 Å². The van der Waals surface area contributed by atoms with Crippen molar-refractivity contribution in [3.05, 3.63) is 58.4 Å². The monoisotopic (exact) mass is 342 g/mol. The molecule has 2 aromatic rings. The molecule has 0 aliphatic rings. The summed E-state index contributed by atoms with van der Waals surface area (Å²) in [5.74, 6) is 0.194. The zero-order valence-electron chi connectivity index (χ0n) is 16.4. The lowest BCUT2D eigenvalue weighted by Gasteiger charge is -2.25. The molecule has 0 saturated carbocycles. The van der Waals surface area contributed by atoms with E-state index in [4.69, 9.17) is 0 Å². The molecule has 0 radical (unpaired) electrons. The Morgan fingerprint density at radius 1 is 0.920 bits per heavy atom. The highest BCUT2D eigenvalue weighted by Crippen LogP contribution is 2.41. The second-order valence-corrected chi connectivity index (χ2v) is 7.54. The molecule has 2 heteroatoms. The first-order chi connectivity index (χ1) is 11.8. The Morgan fingerprint density at radius 2 is 1.56 bits per heavy atom. The molecule has 0 aromatic heterocycles. The average molecular weight is 342 g/mol. The highest BCUT2D eigenvalue weighted by molar-refractivity contribution is 5.76. The van der Waals surface area contributed by atoms with E-state index in [-0.39, 0.29) is 17.7 Å². The number of hydrogen-bond acceptors (Lipinski definition) is 1. The summed E-state index contributed by atoms with van der Waals surface area (Å²) in [5.41, 5.74) is 6.18. The van der Waals surface area contributed by atoms with Crippen molar-refractivity contribution in [1.82, 2.24) is 0 Å². The van der Waals surface area contributed by atoms with Gasteiger partial charge in [-0.3, -0.25) is 0 Å². The fourth-order valence-corrected chi connectivity index (χ4v) is 3.81. The summed E-state index contributed by atoms with van der Waals surface area (Å²) < 4.78 is 14.6. The Bertz CT molecular complexity index is 729. The van der Waals surface area contributed by atoms with Gasteiger partial charge in [0.05, 0.1) is 6.10 Å². The predicted molar refractivity (Wildman–Crippen MR) is 105 cm³/mol. The zero-order chi connectivity index (χ0) is 18.7. The van der Waals surface area contributed by atoms with Crippen LogP contribution in [-0.2, 0) is 6.42 Å². The molecular weight excluding hydrogens is 311 g/mol. The molecule has 0 spiro atoms. The van der Waals surface area contributed by atoms with E-state index in [0.29, 0.717) is 0 Å². The van der Waals surface area contributed by atoms with Crippen LogP contribution in [0, 0.1) is 5.82 Å². The van der Waals surface area contributed by atoms with Crippen molar-refractivity contribution in [2.45, 2.75) is 72.3 Å². The smallest absolute Gasteiger partial charge is 0.126 e. The molecule has 0 aliphatic heterocycles. The van der Waals surface area contributed by atoms with Crippen LogP contribution in [0.5, 0.6) is 0 Å². The average Bonchev–Trinajstić information content (AvgIpc) is 2.54. The van der Waals surface area contributed by atoms with Crippen molar-refractivity contribution in [3.8, 4) is 11.1 Å². The van der Waals surface area contributed by atoms with E-state index in [9.17, 15) is 9.50 Å². The number of aryl methyl sites for hydroxylation is 1. The van der Waals surface area contributed by atoms with Crippen LogP contribution in [-0.4, -0.2) is 5.11 Å². The Balaban J connectivity index is 2.89. The Hall–Kier alpha value is -1.67. The number of hydrogen-bond donors (Lipinski definition) is 1. The van der Waals surface area contributed by atoms with E-state index in [1.165, 1.54) is 5.56 Å². The van der Waals surface area contributed by atoms with Gasteiger partial charge in [0, 0.05) is 0 Å². The first-order valence-electron chi connectivity index (χ1n) is 9.42. The molecular formula is C23H31FO. The first-order valence-corrected chi connectivity index (χ1v) is 9.42. The van der Waals surface area contributed by atoms with E-state index >= 15 is 0 Å². The van der Waals surface area contributed by atoms with Crippen molar-refractivity contribution < 1.29 is 9.50 Å². The zero-order valence-corrected chi connectivity index (χ0v) is 16.4. The maximum Gasteiger partial charge on any atom is 0.126 e. The Kier molecular flexibility index (Phi) is 6.40. The molecule has 0 bridgehead atoms. The van der Waals surface area contributed by atoms with Crippen LogP contribution in [0.15, 0.2) is 30.3 Å². The minimum Gasteiger partial charge on any atom is -0.389 e. The van der Waals surface area contributed by atoms with Gasteiger partial charge in [-0.05, 0) is 64.6 Å². The molecule has 136 valence electrons. The summed E-state index contributed by atoms with van der Waals surface area (Å²) in [5, 5.41) is 10.3. The first kappa shape index (κ1) is 19.7. The molecule has 2 aromatic carbocycles. The van der Waals surface area contributed by atoms with Crippen LogP contribution in [0.25, 0.3) is 11.1 Å². The van der Waals surface area contributed by atoms with Crippen molar-refractivity contribution >= 4 is 0 Å². The summed E-state index contributed by atoms with van der Waals surface area (Å²) in [4.78, 5) is 0. The standard InChI is InChI=1S/C23H31FO/c1-7-9-17-10-8-11-18(16(6)25)23(17)19-12-13-20(24)22(15(4)5)21(19)14(2)3/h8,10-16,25H,7,9H2,1-6H3. The molecule has 2 rings (SSSR count). The summed E-state index contributed by atoms with van der Waals surface area (Å²) in [7, 11) is 0. The van der Waals surface area contributed by atoms with Crippen molar-refractivity contribution in [2.75, 3.05) is 0 Å². The molecule has 1 nitrogen and oxygen atoms in total.